The smallest absolute Gasteiger partial charge is 0.321 e. The number of hydrogen-bond acceptors (Lipinski definition) is 8. The molecule has 0 radical (unpaired) electrons. The number of anilines is 2. The zero-order valence-electron chi connectivity index (χ0n) is 21.2. The van der Waals surface area contributed by atoms with Crippen molar-refractivity contribution in [3.8, 4) is 5.75 Å². The average molecular weight is 524 g/mol. The van der Waals surface area contributed by atoms with Crippen LogP contribution in [0.25, 0.3) is 0 Å². The van der Waals surface area contributed by atoms with Crippen molar-refractivity contribution < 1.29 is 32.4 Å². The van der Waals surface area contributed by atoms with Gasteiger partial charge in [0, 0.05) is 25.2 Å². The second kappa shape index (κ2) is 10.7. The summed E-state index contributed by atoms with van der Waals surface area (Å²) in [6.07, 6.45) is 0.503. The molecule has 3 atom stereocenters. The molecule has 3 rings (SSSR count). The van der Waals surface area contributed by atoms with E-state index < -0.39 is 28.1 Å². The number of amides is 3. The van der Waals surface area contributed by atoms with E-state index in [0.29, 0.717) is 17.1 Å². The second-order valence-electron chi connectivity index (χ2n) is 9.22. The number of nitrogens with one attached hydrogen (secondary N) is 2. The number of hydrogen-bond donors (Lipinski definition) is 3. The number of nitrogens with zero attached hydrogens (tertiary/aromatic N) is 3. The van der Waals surface area contributed by atoms with Crippen molar-refractivity contribution >= 4 is 33.3 Å². The molecule has 1 aromatic heterocycles. The van der Waals surface area contributed by atoms with Crippen LogP contribution in [0.3, 0.4) is 0 Å². The molecule has 0 saturated heterocycles. The van der Waals surface area contributed by atoms with Gasteiger partial charge < -0.3 is 29.5 Å². The fraction of sp³-hybridized carbons (Fsp3) is 0.522. The molecule has 2 heterocycles. The van der Waals surface area contributed by atoms with E-state index in [4.69, 9.17) is 9.26 Å². The summed E-state index contributed by atoms with van der Waals surface area (Å²) < 4.78 is 37.1. The molecule has 0 bridgehead atoms. The Morgan fingerprint density at radius 1 is 1.36 bits per heavy atom. The summed E-state index contributed by atoms with van der Waals surface area (Å²) in [6, 6.07) is 3.57. The second-order valence-corrected chi connectivity index (χ2v) is 11.0. The predicted octanol–water partition coefficient (Wildman–Crippen LogP) is 2.05. The Hall–Kier alpha value is -3.32. The number of carbonyl (C=O) groups is 2. The predicted molar refractivity (Wildman–Crippen MR) is 134 cm³/mol. The van der Waals surface area contributed by atoms with Crippen LogP contribution in [-0.4, -0.2) is 85.6 Å². The molecular weight excluding hydrogens is 490 g/mol. The largest absolute Gasteiger partial charge is 0.487 e. The molecule has 13 heteroatoms. The monoisotopic (exact) mass is 523 g/mol. The van der Waals surface area contributed by atoms with Crippen LogP contribution >= 0.6 is 0 Å². The van der Waals surface area contributed by atoms with Crippen LogP contribution in [0.5, 0.6) is 5.75 Å². The Balaban J connectivity index is 1.90. The van der Waals surface area contributed by atoms with Gasteiger partial charge in [0.25, 0.3) is 5.91 Å². The summed E-state index contributed by atoms with van der Waals surface area (Å²) in [5.74, 6) is 0.146. The molecule has 0 saturated carbocycles. The molecule has 0 spiro atoms. The normalized spacial score (nSPS) is 19.0. The maximum Gasteiger partial charge on any atom is 0.321 e. The van der Waals surface area contributed by atoms with Gasteiger partial charge in [0.2, 0.25) is 10.0 Å². The average Bonchev–Trinajstić information content (AvgIpc) is 3.12. The van der Waals surface area contributed by atoms with E-state index in [0.717, 1.165) is 6.26 Å². The van der Waals surface area contributed by atoms with Crippen molar-refractivity contribution in [2.24, 2.45) is 5.92 Å². The summed E-state index contributed by atoms with van der Waals surface area (Å²) >= 11 is 0. The first kappa shape index (κ1) is 27.3. The van der Waals surface area contributed by atoms with Gasteiger partial charge in [-0.15, -0.1) is 0 Å². The lowest BCUT2D eigenvalue weighted by molar-refractivity contribution is 0.0371. The molecule has 36 heavy (non-hydrogen) atoms. The first-order valence-corrected chi connectivity index (χ1v) is 13.3. The fourth-order valence-electron chi connectivity index (χ4n) is 3.93. The zero-order valence-corrected chi connectivity index (χ0v) is 22.0. The van der Waals surface area contributed by atoms with Crippen LogP contribution in [-0.2, 0) is 10.0 Å². The first-order valence-electron chi connectivity index (χ1n) is 11.5. The van der Waals surface area contributed by atoms with E-state index in [9.17, 15) is 23.1 Å². The number of ether oxygens (including phenoxy) is 1. The van der Waals surface area contributed by atoms with E-state index in [1.165, 1.54) is 28.0 Å². The van der Waals surface area contributed by atoms with Gasteiger partial charge in [-0.1, -0.05) is 12.1 Å². The lowest BCUT2D eigenvalue weighted by Crippen LogP contribution is -2.50. The molecule has 2 aromatic rings. The number of sulfonamides is 1. The molecule has 3 N–H and O–H groups in total. The summed E-state index contributed by atoms with van der Waals surface area (Å²) in [5.41, 5.74) is 1.43. The third-order valence-corrected chi connectivity index (χ3v) is 6.64. The van der Waals surface area contributed by atoms with Crippen LogP contribution in [0.2, 0.25) is 0 Å². The number of fused-ring (bicyclic) bond motifs is 1. The van der Waals surface area contributed by atoms with E-state index in [1.807, 2.05) is 6.92 Å². The molecule has 12 nitrogen and oxygen atoms in total. The van der Waals surface area contributed by atoms with Gasteiger partial charge in [-0.05, 0) is 39.0 Å². The molecule has 0 unspecified atom stereocenters. The highest BCUT2D eigenvalue weighted by atomic mass is 32.2. The van der Waals surface area contributed by atoms with Gasteiger partial charge in [-0.25, -0.2) is 13.2 Å². The molecular formula is C23H33N5O7S. The minimum Gasteiger partial charge on any atom is -0.487 e. The number of aromatic nitrogens is 1. The summed E-state index contributed by atoms with van der Waals surface area (Å²) in [5, 5.41) is 16.4. The maximum atomic E-state index is 13.4. The Kier molecular flexibility index (Phi) is 8.14. The molecule has 0 fully saturated rings. The highest BCUT2D eigenvalue weighted by Crippen LogP contribution is 2.31. The number of rotatable bonds is 7. The van der Waals surface area contributed by atoms with Crippen molar-refractivity contribution in [2.75, 3.05) is 43.0 Å². The molecule has 0 aliphatic carbocycles. The summed E-state index contributed by atoms with van der Waals surface area (Å²) in [6.45, 7) is 7.25. The van der Waals surface area contributed by atoms with Gasteiger partial charge in [-0.2, -0.15) is 0 Å². The van der Waals surface area contributed by atoms with Gasteiger partial charge in [0.15, 0.2) is 5.76 Å². The highest BCUT2D eigenvalue weighted by molar-refractivity contribution is 7.92. The van der Waals surface area contributed by atoms with Crippen molar-refractivity contribution in [3.63, 3.8) is 0 Å². The number of aryl methyl sites for hydroxylation is 2. The number of benzene rings is 1. The quantitative estimate of drug-likeness (QED) is 0.498. The minimum atomic E-state index is -3.56. The molecule has 3 amide bonds. The van der Waals surface area contributed by atoms with Crippen LogP contribution in [0.15, 0.2) is 22.7 Å². The van der Waals surface area contributed by atoms with Crippen molar-refractivity contribution in [1.82, 2.24) is 15.0 Å². The first-order chi connectivity index (χ1) is 16.8. The van der Waals surface area contributed by atoms with Gasteiger partial charge >= 0.3 is 6.03 Å². The highest BCUT2D eigenvalue weighted by Gasteiger charge is 2.34. The van der Waals surface area contributed by atoms with E-state index in [1.54, 1.807) is 27.8 Å². The number of carbonyl (C=O) groups excluding carboxylic acids is 2. The van der Waals surface area contributed by atoms with Crippen molar-refractivity contribution in [3.05, 3.63) is 35.2 Å². The third kappa shape index (κ3) is 6.26. The Morgan fingerprint density at radius 3 is 2.64 bits per heavy atom. The Labute approximate surface area is 210 Å². The van der Waals surface area contributed by atoms with Crippen LogP contribution in [0.1, 0.15) is 35.7 Å². The number of likely N-dealkylation sites (N-methyl/N-ethyl adjacent to an activating group) is 1. The molecule has 1 aliphatic rings. The lowest BCUT2D eigenvalue weighted by atomic mass is 9.99. The standard InChI is InChI=1S/C23H33N5O7S/c1-13-10-28(14(2)12-29)22(30)18-9-17(26-36(6,32)33)7-8-19(18)34-20(13)11-27(5)23(31)24-21-15(3)25-35-16(21)4/h7-9,13-14,20,26,29H,10-12H2,1-6H3,(H,24,31)/t13-,14+,20-/m0/s1. The van der Waals surface area contributed by atoms with E-state index in [-0.39, 0.29) is 48.6 Å². The number of urea groups is 1. The van der Waals surface area contributed by atoms with Crippen LogP contribution in [0, 0.1) is 19.8 Å². The number of aliphatic hydroxyl groups is 1. The molecule has 1 aromatic carbocycles. The van der Waals surface area contributed by atoms with Crippen LogP contribution < -0.4 is 14.8 Å². The van der Waals surface area contributed by atoms with Gasteiger partial charge in [0.05, 0.1) is 31.0 Å². The zero-order chi connectivity index (χ0) is 26.8. The summed E-state index contributed by atoms with van der Waals surface area (Å²) in [4.78, 5) is 29.3. The molecule has 198 valence electrons. The maximum absolute atomic E-state index is 13.4. The Morgan fingerprint density at radius 2 is 2.06 bits per heavy atom. The third-order valence-electron chi connectivity index (χ3n) is 6.03. The van der Waals surface area contributed by atoms with Crippen molar-refractivity contribution in [1.29, 1.82) is 0 Å². The summed E-state index contributed by atoms with van der Waals surface area (Å²) in [7, 11) is -1.94. The lowest BCUT2D eigenvalue weighted by Gasteiger charge is -2.38. The van der Waals surface area contributed by atoms with E-state index >= 15 is 0 Å². The van der Waals surface area contributed by atoms with Crippen molar-refractivity contribution in [2.45, 2.75) is 39.8 Å². The SMILES string of the molecule is Cc1noc(C)c1NC(=O)N(C)C[C@@H]1Oc2ccc(NS(C)(=O)=O)cc2C(=O)N([C@H](C)CO)C[C@@H]1C. The minimum absolute atomic E-state index is 0.156. The van der Waals surface area contributed by atoms with Crippen LogP contribution in [0.4, 0.5) is 16.2 Å². The number of aliphatic hydroxyl groups excluding tert-OH is 1. The topological polar surface area (TPSA) is 154 Å². The molecule has 1 aliphatic heterocycles. The Bertz CT molecular complexity index is 1210. The van der Waals surface area contributed by atoms with Gasteiger partial charge in [0.1, 0.15) is 23.2 Å². The fourth-order valence-corrected chi connectivity index (χ4v) is 4.49. The van der Waals surface area contributed by atoms with Gasteiger partial charge in [-0.3, -0.25) is 9.52 Å². The van der Waals surface area contributed by atoms with E-state index in [2.05, 4.69) is 15.2 Å².